The molecule has 0 atom stereocenters. The summed E-state index contributed by atoms with van der Waals surface area (Å²) in [5, 5.41) is 10.1. The Morgan fingerprint density at radius 3 is 2.68 bits per heavy atom. The lowest BCUT2D eigenvalue weighted by molar-refractivity contribution is 0.1000. The van der Waals surface area contributed by atoms with Crippen molar-refractivity contribution >= 4 is 5.91 Å². The van der Waals surface area contributed by atoms with E-state index in [0.29, 0.717) is 16.8 Å². The number of rotatable bonds is 3. The van der Waals surface area contributed by atoms with Crippen molar-refractivity contribution in [1.29, 1.82) is 0 Å². The number of aromatic nitrogens is 2. The van der Waals surface area contributed by atoms with E-state index in [-0.39, 0.29) is 22.4 Å². The second-order valence-electron chi connectivity index (χ2n) is 5.80. The lowest BCUT2D eigenvalue weighted by atomic mass is 9.92. The number of hydrogen-bond donors (Lipinski definition) is 3. The van der Waals surface area contributed by atoms with Crippen LogP contribution in [0.3, 0.4) is 0 Å². The molecule has 0 fully saturated rings. The maximum atomic E-state index is 12.3. The zero-order valence-electron chi connectivity index (χ0n) is 13.8. The van der Waals surface area contributed by atoms with Crippen LogP contribution in [0.25, 0.3) is 22.4 Å². The average Bonchev–Trinajstić information content (AvgIpc) is 2.59. The van der Waals surface area contributed by atoms with Crippen molar-refractivity contribution < 1.29 is 9.90 Å². The number of carbonyl (C=O) groups is 1. The molecule has 3 aromatic rings. The van der Waals surface area contributed by atoms with Crippen molar-refractivity contribution in [2.24, 2.45) is 5.73 Å². The van der Waals surface area contributed by atoms with Gasteiger partial charge in [0.15, 0.2) is 0 Å². The first-order valence-corrected chi connectivity index (χ1v) is 7.67. The van der Waals surface area contributed by atoms with Crippen LogP contribution < -0.4 is 11.3 Å². The lowest BCUT2D eigenvalue weighted by Gasteiger charge is -2.15. The molecule has 0 radical (unpaired) electrons. The molecule has 1 aromatic carbocycles. The van der Waals surface area contributed by atoms with Gasteiger partial charge in [-0.05, 0) is 48.7 Å². The molecule has 3 rings (SSSR count). The summed E-state index contributed by atoms with van der Waals surface area (Å²) in [4.78, 5) is 30.6. The normalized spacial score (nSPS) is 10.6. The summed E-state index contributed by atoms with van der Waals surface area (Å²) in [5.41, 5.74) is 8.92. The molecule has 0 saturated heterocycles. The molecule has 6 heteroatoms. The molecule has 0 aliphatic carbocycles. The van der Waals surface area contributed by atoms with Crippen LogP contribution in [0.1, 0.15) is 21.5 Å². The van der Waals surface area contributed by atoms with Crippen molar-refractivity contribution in [2.45, 2.75) is 13.8 Å². The van der Waals surface area contributed by atoms with Gasteiger partial charge in [-0.25, -0.2) is 0 Å². The monoisotopic (exact) mass is 335 g/mol. The molecule has 0 saturated carbocycles. The Hall–Kier alpha value is -3.41. The Bertz CT molecular complexity index is 1040. The summed E-state index contributed by atoms with van der Waals surface area (Å²) in [5.74, 6) is -0.477. The number of primary amides is 1. The number of carbonyl (C=O) groups excluding carboxylic acids is 1. The van der Waals surface area contributed by atoms with Crippen LogP contribution in [-0.4, -0.2) is 21.0 Å². The summed E-state index contributed by atoms with van der Waals surface area (Å²) < 4.78 is 0. The summed E-state index contributed by atoms with van der Waals surface area (Å²) in [6.45, 7) is 3.72. The third-order valence-corrected chi connectivity index (χ3v) is 4.16. The minimum absolute atomic E-state index is 0.162. The average molecular weight is 335 g/mol. The SMILES string of the molecule is Cc1ccc(O)c(C)c1-c1cccnc1-c1cc(C(N)=O)c[nH]c1=O. The fraction of sp³-hybridized carbons (Fsp3) is 0.105. The van der Waals surface area contributed by atoms with Crippen molar-refractivity contribution in [3.63, 3.8) is 0 Å². The number of aromatic amines is 1. The number of phenols is 1. The van der Waals surface area contributed by atoms with E-state index in [1.807, 2.05) is 13.0 Å². The van der Waals surface area contributed by atoms with Crippen molar-refractivity contribution in [2.75, 3.05) is 0 Å². The third-order valence-electron chi connectivity index (χ3n) is 4.16. The first-order valence-electron chi connectivity index (χ1n) is 7.67. The van der Waals surface area contributed by atoms with Crippen LogP contribution in [0.4, 0.5) is 0 Å². The van der Waals surface area contributed by atoms with Gasteiger partial charge in [-0.15, -0.1) is 0 Å². The largest absolute Gasteiger partial charge is 0.508 e. The number of H-pyrrole nitrogens is 1. The molecule has 0 aliphatic heterocycles. The summed E-state index contributed by atoms with van der Waals surface area (Å²) >= 11 is 0. The molecule has 6 nitrogen and oxygen atoms in total. The zero-order valence-corrected chi connectivity index (χ0v) is 13.8. The number of amides is 1. The van der Waals surface area contributed by atoms with E-state index >= 15 is 0 Å². The molecule has 2 aromatic heterocycles. The second-order valence-corrected chi connectivity index (χ2v) is 5.80. The molecule has 1 amide bonds. The van der Waals surface area contributed by atoms with E-state index in [1.54, 1.807) is 31.3 Å². The number of benzene rings is 1. The van der Waals surface area contributed by atoms with Crippen LogP contribution >= 0.6 is 0 Å². The van der Waals surface area contributed by atoms with Crippen molar-refractivity contribution in [3.8, 4) is 28.1 Å². The van der Waals surface area contributed by atoms with Crippen LogP contribution in [0.15, 0.2) is 47.5 Å². The third kappa shape index (κ3) is 2.89. The van der Waals surface area contributed by atoms with Gasteiger partial charge < -0.3 is 15.8 Å². The van der Waals surface area contributed by atoms with Gasteiger partial charge in [-0.3, -0.25) is 14.6 Å². The number of nitrogens with zero attached hydrogens (tertiary/aromatic N) is 1. The molecule has 2 heterocycles. The quantitative estimate of drug-likeness (QED) is 0.683. The van der Waals surface area contributed by atoms with Gasteiger partial charge in [0.1, 0.15) is 5.75 Å². The summed E-state index contributed by atoms with van der Waals surface area (Å²) in [6.07, 6.45) is 2.85. The topological polar surface area (TPSA) is 109 Å². The molecule has 0 unspecified atom stereocenters. The van der Waals surface area contributed by atoms with Gasteiger partial charge in [0.25, 0.3) is 5.56 Å². The number of aryl methyl sites for hydroxylation is 1. The predicted octanol–water partition coefficient (Wildman–Crippen LogP) is 2.53. The lowest BCUT2D eigenvalue weighted by Crippen LogP contribution is -2.17. The summed E-state index contributed by atoms with van der Waals surface area (Å²) in [7, 11) is 0. The molecule has 0 spiro atoms. The Balaban J connectivity index is 2.33. The first kappa shape index (κ1) is 16.4. The fourth-order valence-electron chi connectivity index (χ4n) is 2.87. The highest BCUT2D eigenvalue weighted by atomic mass is 16.3. The van der Waals surface area contributed by atoms with Gasteiger partial charge in [-0.1, -0.05) is 12.1 Å². The molecule has 4 N–H and O–H groups in total. The van der Waals surface area contributed by atoms with E-state index in [1.165, 1.54) is 12.3 Å². The molecule has 25 heavy (non-hydrogen) atoms. The van der Waals surface area contributed by atoms with Crippen molar-refractivity contribution in [1.82, 2.24) is 9.97 Å². The maximum absolute atomic E-state index is 12.3. The van der Waals surface area contributed by atoms with Crippen LogP contribution in [0.5, 0.6) is 5.75 Å². The first-order chi connectivity index (χ1) is 11.9. The van der Waals surface area contributed by atoms with E-state index < -0.39 is 5.91 Å². The number of aromatic hydroxyl groups is 1. The molecule has 126 valence electrons. The minimum Gasteiger partial charge on any atom is -0.508 e. The Kier molecular flexibility index (Phi) is 4.10. The smallest absolute Gasteiger partial charge is 0.257 e. The number of pyridine rings is 2. The highest BCUT2D eigenvalue weighted by Crippen LogP contribution is 2.36. The fourth-order valence-corrected chi connectivity index (χ4v) is 2.87. The van der Waals surface area contributed by atoms with Gasteiger partial charge in [0.2, 0.25) is 5.91 Å². The molecule has 0 aliphatic rings. The molecular weight excluding hydrogens is 318 g/mol. The highest BCUT2D eigenvalue weighted by Gasteiger charge is 2.17. The van der Waals surface area contributed by atoms with Gasteiger partial charge in [0.05, 0.1) is 16.8 Å². The number of phenolic OH excluding ortho intramolecular Hbond substituents is 1. The van der Waals surface area contributed by atoms with E-state index in [4.69, 9.17) is 5.73 Å². The summed E-state index contributed by atoms with van der Waals surface area (Å²) in [6, 6.07) is 8.45. The van der Waals surface area contributed by atoms with Gasteiger partial charge >= 0.3 is 0 Å². The Morgan fingerprint density at radius 2 is 1.96 bits per heavy atom. The Morgan fingerprint density at radius 1 is 1.20 bits per heavy atom. The predicted molar refractivity (Wildman–Crippen MR) is 95.4 cm³/mol. The maximum Gasteiger partial charge on any atom is 0.257 e. The highest BCUT2D eigenvalue weighted by molar-refractivity contribution is 5.94. The zero-order chi connectivity index (χ0) is 18.1. The second kappa shape index (κ2) is 6.24. The molecule has 0 bridgehead atoms. The standard InChI is InChI=1S/C19H17N3O3/c1-10-5-6-15(23)11(2)16(10)13-4-3-7-21-17(13)14-8-12(18(20)24)9-22-19(14)25/h3-9,23H,1-2H3,(H2,20,24)(H,22,25). The van der Waals surface area contributed by atoms with Crippen LogP contribution in [0, 0.1) is 13.8 Å². The van der Waals surface area contributed by atoms with Gasteiger partial charge in [0, 0.05) is 18.0 Å². The Labute approximate surface area is 144 Å². The van der Waals surface area contributed by atoms with Crippen LogP contribution in [-0.2, 0) is 0 Å². The van der Waals surface area contributed by atoms with Crippen molar-refractivity contribution in [3.05, 3.63) is 69.8 Å². The van der Waals surface area contributed by atoms with E-state index in [0.717, 1.165) is 11.1 Å². The van der Waals surface area contributed by atoms with E-state index in [2.05, 4.69) is 9.97 Å². The minimum atomic E-state index is -0.639. The molecular formula is C19H17N3O3. The number of nitrogens with two attached hydrogens (primary N) is 1. The van der Waals surface area contributed by atoms with E-state index in [9.17, 15) is 14.7 Å². The van der Waals surface area contributed by atoms with Crippen LogP contribution in [0.2, 0.25) is 0 Å². The van der Waals surface area contributed by atoms with Gasteiger partial charge in [-0.2, -0.15) is 0 Å². The number of nitrogens with one attached hydrogen (secondary N) is 1. The number of hydrogen-bond acceptors (Lipinski definition) is 4.